The summed E-state index contributed by atoms with van der Waals surface area (Å²) in [5, 5.41) is 15.2. The van der Waals surface area contributed by atoms with Crippen LogP contribution in [0.4, 0.5) is 10.5 Å². The van der Waals surface area contributed by atoms with Crippen molar-refractivity contribution >= 4 is 23.1 Å². The Bertz CT molecular complexity index is 583. The van der Waals surface area contributed by atoms with Crippen molar-refractivity contribution in [2.24, 2.45) is 0 Å². The van der Waals surface area contributed by atoms with Crippen molar-refractivity contribution in [3.63, 3.8) is 0 Å². The van der Waals surface area contributed by atoms with Crippen molar-refractivity contribution in [2.75, 3.05) is 18.4 Å². The highest BCUT2D eigenvalue weighted by Crippen LogP contribution is 2.23. The predicted molar refractivity (Wildman–Crippen MR) is 78.8 cm³/mol. The number of rotatable bonds is 2. The summed E-state index contributed by atoms with van der Waals surface area (Å²) in [4.78, 5) is 17.8. The Morgan fingerprint density at radius 3 is 2.80 bits per heavy atom. The molecular weight excluding hydrogens is 274 g/mol. The van der Waals surface area contributed by atoms with Crippen LogP contribution in [-0.4, -0.2) is 40.2 Å². The second kappa shape index (κ2) is 5.60. The summed E-state index contributed by atoms with van der Waals surface area (Å²) >= 11 is 1.58. The van der Waals surface area contributed by atoms with Gasteiger partial charge in [-0.15, -0.1) is 11.3 Å². The smallest absolute Gasteiger partial charge is 0.321 e. The first kappa shape index (κ1) is 13.1. The molecule has 1 saturated heterocycles. The number of β-amino-alcohol motifs (C(OH)–C–C–N with tert-alkyl or cyclic N) is 1. The zero-order valence-corrected chi connectivity index (χ0v) is 11.6. The van der Waals surface area contributed by atoms with Gasteiger partial charge in [-0.2, -0.15) is 0 Å². The fourth-order valence-corrected chi connectivity index (χ4v) is 2.84. The molecule has 1 aliphatic heterocycles. The van der Waals surface area contributed by atoms with E-state index in [0.717, 1.165) is 16.3 Å². The molecule has 20 heavy (non-hydrogen) atoms. The van der Waals surface area contributed by atoms with Gasteiger partial charge in [0, 0.05) is 35.9 Å². The Kier molecular flexibility index (Phi) is 3.66. The summed E-state index contributed by atoms with van der Waals surface area (Å²) in [6.45, 7) is 1.01. The fraction of sp³-hybridized carbons (Fsp3) is 0.286. The maximum absolute atomic E-state index is 12.0. The van der Waals surface area contributed by atoms with Gasteiger partial charge >= 0.3 is 6.03 Å². The molecule has 0 saturated carbocycles. The first-order chi connectivity index (χ1) is 9.72. The highest BCUT2D eigenvalue weighted by Gasteiger charge is 2.24. The molecule has 6 heteroatoms. The lowest BCUT2D eigenvalue weighted by molar-refractivity contribution is 0.176. The highest BCUT2D eigenvalue weighted by atomic mass is 32.1. The number of aromatic nitrogens is 1. The third-order valence-electron chi connectivity index (χ3n) is 3.27. The average Bonchev–Trinajstić information content (AvgIpc) is 3.10. The molecule has 1 fully saturated rings. The third kappa shape index (κ3) is 2.81. The Morgan fingerprint density at radius 1 is 1.40 bits per heavy atom. The number of aliphatic hydroxyl groups is 1. The maximum atomic E-state index is 12.0. The van der Waals surface area contributed by atoms with Crippen molar-refractivity contribution in [2.45, 2.75) is 12.5 Å². The van der Waals surface area contributed by atoms with E-state index < -0.39 is 6.10 Å². The number of amides is 2. The predicted octanol–water partition coefficient (Wildman–Crippen LogP) is 2.41. The molecule has 0 bridgehead atoms. The van der Waals surface area contributed by atoms with Gasteiger partial charge in [0.2, 0.25) is 0 Å². The summed E-state index contributed by atoms with van der Waals surface area (Å²) in [5.41, 5.74) is 1.78. The van der Waals surface area contributed by atoms with Gasteiger partial charge in [-0.1, -0.05) is 0 Å². The summed E-state index contributed by atoms with van der Waals surface area (Å²) in [6.07, 6.45) is 2.03. The number of benzene rings is 1. The molecule has 2 heterocycles. The number of urea groups is 1. The quantitative estimate of drug-likeness (QED) is 0.892. The molecule has 2 N–H and O–H groups in total. The fourth-order valence-electron chi connectivity index (χ4n) is 2.19. The molecule has 0 radical (unpaired) electrons. The van der Waals surface area contributed by atoms with E-state index in [0.29, 0.717) is 19.5 Å². The van der Waals surface area contributed by atoms with E-state index in [1.165, 1.54) is 0 Å². The molecule has 104 valence electrons. The van der Waals surface area contributed by atoms with E-state index in [9.17, 15) is 9.90 Å². The standard InChI is InChI=1S/C14H15N3O2S/c18-12-5-7-17(9-12)14(19)16-11-3-1-10(2-4-11)13-15-6-8-20-13/h1-4,6,8,12,18H,5,7,9H2,(H,16,19)/t12-/m1/s1. The molecule has 0 aliphatic carbocycles. The van der Waals surface area contributed by atoms with E-state index >= 15 is 0 Å². The van der Waals surface area contributed by atoms with E-state index in [1.54, 1.807) is 22.4 Å². The number of aliphatic hydroxyl groups excluding tert-OH is 1. The second-order valence-corrected chi connectivity index (χ2v) is 5.63. The summed E-state index contributed by atoms with van der Waals surface area (Å²) < 4.78 is 0. The average molecular weight is 289 g/mol. The van der Waals surface area contributed by atoms with Crippen LogP contribution in [0.15, 0.2) is 35.8 Å². The van der Waals surface area contributed by atoms with Crippen LogP contribution in [0.2, 0.25) is 0 Å². The molecule has 0 spiro atoms. The topological polar surface area (TPSA) is 65.5 Å². The Labute approximate surface area is 120 Å². The van der Waals surface area contributed by atoms with E-state index in [-0.39, 0.29) is 6.03 Å². The normalized spacial score (nSPS) is 18.2. The molecule has 2 aromatic rings. The van der Waals surface area contributed by atoms with E-state index in [4.69, 9.17) is 0 Å². The number of nitrogens with one attached hydrogen (secondary N) is 1. The number of hydrogen-bond acceptors (Lipinski definition) is 4. The minimum absolute atomic E-state index is 0.163. The Morgan fingerprint density at radius 2 is 2.20 bits per heavy atom. The van der Waals surface area contributed by atoms with Crippen LogP contribution in [0, 0.1) is 0 Å². The first-order valence-electron chi connectivity index (χ1n) is 6.46. The molecule has 1 aromatic carbocycles. The molecule has 2 amide bonds. The number of carbonyl (C=O) groups is 1. The monoisotopic (exact) mass is 289 g/mol. The van der Waals surface area contributed by atoms with E-state index in [1.807, 2.05) is 29.6 Å². The van der Waals surface area contributed by atoms with Crippen LogP contribution in [-0.2, 0) is 0 Å². The zero-order valence-electron chi connectivity index (χ0n) is 10.8. The molecule has 5 nitrogen and oxygen atoms in total. The van der Waals surface area contributed by atoms with Crippen molar-refractivity contribution in [3.05, 3.63) is 35.8 Å². The molecule has 3 rings (SSSR count). The van der Waals surface area contributed by atoms with Crippen LogP contribution < -0.4 is 5.32 Å². The van der Waals surface area contributed by atoms with Crippen molar-refractivity contribution in [1.29, 1.82) is 0 Å². The van der Waals surface area contributed by atoms with Crippen LogP contribution >= 0.6 is 11.3 Å². The van der Waals surface area contributed by atoms with Crippen LogP contribution in [0.1, 0.15) is 6.42 Å². The molecule has 1 aliphatic rings. The third-order valence-corrected chi connectivity index (χ3v) is 4.09. The molecule has 0 unspecified atom stereocenters. The summed E-state index contributed by atoms with van der Waals surface area (Å²) in [7, 11) is 0. The minimum Gasteiger partial charge on any atom is -0.391 e. The highest BCUT2D eigenvalue weighted by molar-refractivity contribution is 7.13. The number of carbonyl (C=O) groups excluding carboxylic acids is 1. The largest absolute Gasteiger partial charge is 0.391 e. The summed E-state index contributed by atoms with van der Waals surface area (Å²) in [5.74, 6) is 0. The van der Waals surface area contributed by atoms with Gasteiger partial charge in [0.1, 0.15) is 5.01 Å². The van der Waals surface area contributed by atoms with Gasteiger partial charge in [-0.25, -0.2) is 9.78 Å². The SMILES string of the molecule is O=C(Nc1ccc(-c2nccs2)cc1)N1CC[C@@H](O)C1. The van der Waals surface area contributed by atoms with Gasteiger partial charge in [-0.3, -0.25) is 0 Å². The lowest BCUT2D eigenvalue weighted by Crippen LogP contribution is -2.33. The number of nitrogens with zero attached hydrogens (tertiary/aromatic N) is 2. The van der Waals surface area contributed by atoms with Gasteiger partial charge in [-0.05, 0) is 30.7 Å². The first-order valence-corrected chi connectivity index (χ1v) is 7.34. The van der Waals surface area contributed by atoms with Gasteiger partial charge in [0.15, 0.2) is 0 Å². The van der Waals surface area contributed by atoms with Gasteiger partial charge in [0.05, 0.1) is 6.10 Å². The van der Waals surface area contributed by atoms with Gasteiger partial charge in [0.25, 0.3) is 0 Å². The van der Waals surface area contributed by atoms with Crippen molar-refractivity contribution in [3.8, 4) is 10.6 Å². The number of thiazole rings is 1. The number of anilines is 1. The number of hydrogen-bond donors (Lipinski definition) is 2. The van der Waals surface area contributed by atoms with Gasteiger partial charge < -0.3 is 15.3 Å². The van der Waals surface area contributed by atoms with Crippen LogP contribution in [0.3, 0.4) is 0 Å². The zero-order chi connectivity index (χ0) is 13.9. The second-order valence-electron chi connectivity index (χ2n) is 4.73. The molecular formula is C14H15N3O2S. The maximum Gasteiger partial charge on any atom is 0.321 e. The lowest BCUT2D eigenvalue weighted by atomic mass is 10.2. The Balaban J connectivity index is 1.65. The van der Waals surface area contributed by atoms with E-state index in [2.05, 4.69) is 10.3 Å². The number of likely N-dealkylation sites (tertiary alicyclic amines) is 1. The molecule has 1 aromatic heterocycles. The minimum atomic E-state index is -0.395. The van der Waals surface area contributed by atoms with Crippen molar-refractivity contribution in [1.82, 2.24) is 9.88 Å². The molecule has 1 atom stereocenters. The van der Waals surface area contributed by atoms with Crippen LogP contribution in [0.5, 0.6) is 0 Å². The lowest BCUT2D eigenvalue weighted by Gasteiger charge is -2.16. The Hall–Kier alpha value is -1.92. The van der Waals surface area contributed by atoms with Crippen LogP contribution in [0.25, 0.3) is 10.6 Å². The summed E-state index contributed by atoms with van der Waals surface area (Å²) in [6, 6.07) is 7.44. The van der Waals surface area contributed by atoms with Crippen molar-refractivity contribution < 1.29 is 9.90 Å².